The quantitative estimate of drug-likeness (QED) is 0.464. The van der Waals surface area contributed by atoms with Crippen molar-refractivity contribution in [1.82, 2.24) is 0 Å². The third-order valence-corrected chi connectivity index (χ3v) is 3.03. The van der Waals surface area contributed by atoms with E-state index in [2.05, 4.69) is 0 Å². The predicted molar refractivity (Wildman–Crippen MR) is 61.3 cm³/mol. The predicted octanol–water partition coefficient (Wildman–Crippen LogP) is -15.7. The normalized spacial score (nSPS) is 8.77. The van der Waals surface area contributed by atoms with Crippen molar-refractivity contribution in [3.05, 3.63) is 46.5 Å². The van der Waals surface area contributed by atoms with Crippen LogP contribution in [0.15, 0.2) is 24.3 Å². The maximum absolute atomic E-state index is 11.2. The topological polar surface area (TPSA) is 161 Å². The van der Waals surface area contributed by atoms with Crippen LogP contribution in [0.1, 0.15) is 41.4 Å². The van der Waals surface area contributed by atoms with Gasteiger partial charge in [0.15, 0.2) is 0 Å². The van der Waals surface area contributed by atoms with Crippen LogP contribution >= 0.6 is 0 Å². The molecule has 0 saturated heterocycles. The Labute approximate surface area is 235 Å². The fraction of sp³-hybridized carbons (Fsp3) is 0. The van der Waals surface area contributed by atoms with Crippen LogP contribution < -0.4 is 139 Å². The van der Waals surface area contributed by atoms with E-state index >= 15 is 0 Å². The van der Waals surface area contributed by atoms with Crippen molar-refractivity contribution in [2.75, 3.05) is 0 Å². The summed E-state index contributed by atoms with van der Waals surface area (Å²) in [6, 6.07) is 3.61. The van der Waals surface area contributed by atoms with Crippen molar-refractivity contribution < 1.29 is 158 Å². The van der Waals surface area contributed by atoms with E-state index in [9.17, 15) is 39.6 Å². The van der Waals surface area contributed by atoms with E-state index in [1.165, 1.54) is 0 Å². The van der Waals surface area contributed by atoms with Crippen LogP contribution in [0.4, 0.5) is 0 Å². The molecule has 0 unspecified atom stereocenters. The fourth-order valence-electron chi connectivity index (χ4n) is 2.20. The third-order valence-electron chi connectivity index (χ3n) is 3.03. The molecule has 0 aliphatic rings. The number of carbonyl (C=O) groups excluding carboxylic acids is 4. The smallest absolute Gasteiger partial charge is 0.545 e. The van der Waals surface area contributed by atoms with Crippen molar-refractivity contribution in [3.63, 3.8) is 0 Å². The van der Waals surface area contributed by atoms with Crippen LogP contribution in [-0.2, 0) is 0 Å². The standard InChI is InChI=1S/C14H8O8.4Na/c15-11(16)6-3-1-2-5-9(6)7(12(17)18)4-8(13(19)20)10(5)14(21)22;;;;/h1-4H,(H,15,16)(H,17,18)(H,19,20)(H,21,22);;;;/q;4*+1/p-4. The van der Waals surface area contributed by atoms with Gasteiger partial charge in [0.1, 0.15) is 0 Å². The Morgan fingerprint density at radius 3 is 1.46 bits per heavy atom. The largest absolute Gasteiger partial charge is 1.00 e. The number of benzene rings is 2. The molecule has 0 aliphatic heterocycles. The Bertz CT molecular complexity index is 866. The molecule has 0 heterocycles. The van der Waals surface area contributed by atoms with Crippen molar-refractivity contribution in [2.45, 2.75) is 0 Å². The molecule has 0 saturated carbocycles. The Hall–Kier alpha value is 0.580. The number of rotatable bonds is 4. The molecule has 0 aromatic heterocycles. The summed E-state index contributed by atoms with van der Waals surface area (Å²) in [5.74, 6) is -7.53. The second kappa shape index (κ2) is 12.9. The van der Waals surface area contributed by atoms with Crippen molar-refractivity contribution in [2.24, 2.45) is 0 Å². The molecule has 2 aromatic carbocycles. The first-order valence-electron chi connectivity index (χ1n) is 5.70. The van der Waals surface area contributed by atoms with Crippen LogP contribution in [0.25, 0.3) is 10.8 Å². The van der Waals surface area contributed by atoms with E-state index in [0.717, 1.165) is 18.2 Å². The number of fused-ring (bicyclic) bond motifs is 1. The molecule has 0 N–H and O–H groups in total. The van der Waals surface area contributed by atoms with Gasteiger partial charge < -0.3 is 39.6 Å². The van der Waals surface area contributed by atoms with Crippen LogP contribution in [-0.4, -0.2) is 23.9 Å². The molecule has 2 aromatic rings. The minimum Gasteiger partial charge on any atom is -0.545 e. The summed E-state index contributed by atoms with van der Waals surface area (Å²) in [5.41, 5.74) is -3.27. The summed E-state index contributed by atoms with van der Waals surface area (Å²) in [7, 11) is 0. The summed E-state index contributed by atoms with van der Waals surface area (Å²) < 4.78 is 0. The van der Waals surface area contributed by atoms with Crippen LogP contribution in [0.3, 0.4) is 0 Å². The number of carboxylic acid groups (broad SMARTS) is 4. The first kappa shape index (κ1) is 31.3. The Morgan fingerprint density at radius 1 is 0.615 bits per heavy atom. The van der Waals surface area contributed by atoms with Gasteiger partial charge in [0.2, 0.25) is 0 Å². The van der Waals surface area contributed by atoms with E-state index < -0.39 is 56.9 Å². The van der Waals surface area contributed by atoms with Gasteiger partial charge in [0.05, 0.1) is 23.9 Å². The van der Waals surface area contributed by atoms with Gasteiger partial charge in [-0.25, -0.2) is 0 Å². The Kier molecular flexibility index (Phi) is 15.5. The zero-order valence-electron chi connectivity index (χ0n) is 14.6. The molecule has 12 heteroatoms. The molecule has 0 spiro atoms. The molecule has 2 rings (SSSR count). The zero-order valence-corrected chi connectivity index (χ0v) is 22.6. The van der Waals surface area contributed by atoms with Gasteiger partial charge in [-0.15, -0.1) is 0 Å². The van der Waals surface area contributed by atoms with E-state index in [1.807, 2.05) is 0 Å². The second-order valence-corrected chi connectivity index (χ2v) is 4.22. The molecule has 0 atom stereocenters. The average molecular weight is 392 g/mol. The molecule has 8 nitrogen and oxygen atoms in total. The van der Waals surface area contributed by atoms with Gasteiger partial charge in [-0.2, -0.15) is 0 Å². The summed E-state index contributed by atoms with van der Waals surface area (Å²) >= 11 is 0. The van der Waals surface area contributed by atoms with Gasteiger partial charge in [0.25, 0.3) is 0 Å². The number of aromatic carboxylic acids is 4. The monoisotopic (exact) mass is 392 g/mol. The molecule has 0 aliphatic carbocycles. The van der Waals surface area contributed by atoms with Gasteiger partial charge in [-0.1, -0.05) is 18.2 Å². The number of carboxylic acids is 4. The molecular weight excluding hydrogens is 388 g/mol. The Balaban J connectivity index is -0.00000132. The summed E-state index contributed by atoms with van der Waals surface area (Å²) in [5, 5.41) is 43.4. The molecule has 0 fully saturated rings. The zero-order chi connectivity index (χ0) is 16.6. The fourth-order valence-corrected chi connectivity index (χ4v) is 2.20. The van der Waals surface area contributed by atoms with Gasteiger partial charge >= 0.3 is 118 Å². The van der Waals surface area contributed by atoms with Crippen molar-refractivity contribution >= 4 is 34.6 Å². The second-order valence-electron chi connectivity index (χ2n) is 4.22. The molecule has 112 valence electrons. The van der Waals surface area contributed by atoms with Crippen molar-refractivity contribution in [1.29, 1.82) is 0 Å². The number of hydrogen-bond acceptors (Lipinski definition) is 8. The summed E-state index contributed by atoms with van der Waals surface area (Å²) in [4.78, 5) is 44.4. The first-order valence-corrected chi connectivity index (χ1v) is 5.70. The summed E-state index contributed by atoms with van der Waals surface area (Å²) in [6.45, 7) is 0. The average Bonchev–Trinajstić information content (AvgIpc) is 2.43. The molecule has 0 radical (unpaired) electrons. The molecule has 0 amide bonds. The minimum atomic E-state index is -1.96. The molecule has 0 bridgehead atoms. The van der Waals surface area contributed by atoms with Gasteiger partial charge in [-0.05, 0) is 11.5 Å². The summed E-state index contributed by atoms with van der Waals surface area (Å²) in [6.07, 6.45) is 0. The SMILES string of the molecule is O=C([O-])c1cc(C(=O)[O-])c2c(C(=O)[O-])cccc2c1C(=O)[O-].[Na+].[Na+].[Na+].[Na+]. The van der Waals surface area contributed by atoms with Crippen molar-refractivity contribution in [3.8, 4) is 0 Å². The van der Waals surface area contributed by atoms with Gasteiger partial charge in [0, 0.05) is 27.6 Å². The van der Waals surface area contributed by atoms with Crippen LogP contribution in [0, 0.1) is 0 Å². The van der Waals surface area contributed by atoms with E-state index in [4.69, 9.17) is 0 Å². The molecular formula is C14H4Na4O8. The van der Waals surface area contributed by atoms with Crippen LogP contribution in [0.2, 0.25) is 0 Å². The number of hydrogen-bond donors (Lipinski definition) is 0. The van der Waals surface area contributed by atoms with E-state index in [0.29, 0.717) is 6.07 Å². The molecule has 26 heavy (non-hydrogen) atoms. The maximum Gasteiger partial charge on any atom is 1.00 e. The van der Waals surface area contributed by atoms with Gasteiger partial charge in [-0.3, -0.25) is 0 Å². The Morgan fingerprint density at radius 2 is 1.08 bits per heavy atom. The van der Waals surface area contributed by atoms with Crippen LogP contribution in [0.5, 0.6) is 0 Å². The maximum atomic E-state index is 11.2. The van der Waals surface area contributed by atoms with E-state index in [-0.39, 0.29) is 118 Å². The third kappa shape index (κ3) is 6.30. The first-order chi connectivity index (χ1) is 10.3. The minimum absolute atomic E-state index is 0. The van der Waals surface area contributed by atoms with E-state index in [1.54, 1.807) is 0 Å². The number of carbonyl (C=O) groups is 4.